The molecule has 0 saturated carbocycles. The quantitative estimate of drug-likeness (QED) is 0.499. The number of nitrogens with zero attached hydrogens (tertiary/aromatic N) is 3. The number of amides is 1. The number of rotatable bonds is 6. The van der Waals surface area contributed by atoms with Crippen LogP contribution in [0.4, 0.5) is 4.39 Å². The summed E-state index contributed by atoms with van der Waals surface area (Å²) in [6.07, 6.45) is 4.08. The number of hydrogen-bond acceptors (Lipinski definition) is 3. The van der Waals surface area contributed by atoms with Crippen LogP contribution < -0.4 is 5.32 Å². The first kappa shape index (κ1) is 18.8. The Bertz CT molecular complexity index is 1130. The molecule has 146 valence electrons. The van der Waals surface area contributed by atoms with E-state index in [9.17, 15) is 9.18 Å². The minimum atomic E-state index is -0.261. The first-order valence-electron chi connectivity index (χ1n) is 9.53. The summed E-state index contributed by atoms with van der Waals surface area (Å²) in [5.41, 5.74) is 4.21. The maximum Gasteiger partial charge on any atom is 0.252 e. The van der Waals surface area contributed by atoms with E-state index in [-0.39, 0.29) is 11.7 Å². The van der Waals surface area contributed by atoms with E-state index < -0.39 is 0 Å². The Morgan fingerprint density at radius 2 is 1.93 bits per heavy atom. The third-order valence-corrected chi connectivity index (χ3v) is 4.81. The van der Waals surface area contributed by atoms with Crippen molar-refractivity contribution in [3.8, 4) is 11.3 Å². The van der Waals surface area contributed by atoms with Crippen LogP contribution in [0, 0.1) is 12.7 Å². The molecule has 0 bridgehead atoms. The SMILES string of the molecule is Cc1ccc(C(=O)NCCCn2c(-c3ccc(F)cc3)cc3cccnc32)cn1. The van der Waals surface area contributed by atoms with Gasteiger partial charge in [-0.25, -0.2) is 9.37 Å². The molecule has 29 heavy (non-hydrogen) atoms. The number of hydrogen-bond donors (Lipinski definition) is 1. The summed E-state index contributed by atoms with van der Waals surface area (Å²) in [6.45, 7) is 3.09. The predicted octanol–water partition coefficient (Wildman–Crippen LogP) is 4.37. The Morgan fingerprint density at radius 3 is 2.69 bits per heavy atom. The molecule has 1 amide bonds. The third-order valence-electron chi connectivity index (χ3n) is 4.81. The lowest BCUT2D eigenvalue weighted by molar-refractivity contribution is 0.0952. The molecule has 0 unspecified atom stereocenters. The van der Waals surface area contributed by atoms with E-state index in [4.69, 9.17) is 0 Å². The van der Waals surface area contributed by atoms with Crippen LogP contribution in [0.5, 0.6) is 0 Å². The number of pyridine rings is 2. The second-order valence-corrected chi connectivity index (χ2v) is 6.90. The van der Waals surface area contributed by atoms with Gasteiger partial charge in [-0.1, -0.05) is 0 Å². The fraction of sp³-hybridized carbons (Fsp3) is 0.174. The van der Waals surface area contributed by atoms with Crippen LogP contribution in [0.15, 0.2) is 67.0 Å². The molecule has 4 aromatic rings. The fourth-order valence-corrected chi connectivity index (χ4v) is 3.32. The summed E-state index contributed by atoms with van der Waals surface area (Å²) in [5, 5.41) is 3.96. The topological polar surface area (TPSA) is 59.8 Å². The number of carbonyl (C=O) groups is 1. The largest absolute Gasteiger partial charge is 0.352 e. The summed E-state index contributed by atoms with van der Waals surface area (Å²) in [5.74, 6) is -0.394. The zero-order valence-corrected chi connectivity index (χ0v) is 16.1. The van der Waals surface area contributed by atoms with Crippen LogP contribution in [-0.2, 0) is 6.54 Å². The minimum absolute atomic E-state index is 0.133. The molecule has 5 nitrogen and oxygen atoms in total. The normalized spacial score (nSPS) is 11.0. The van der Waals surface area contributed by atoms with Crippen LogP contribution in [0.2, 0.25) is 0 Å². The Hall–Kier alpha value is -3.54. The highest BCUT2D eigenvalue weighted by atomic mass is 19.1. The average molecular weight is 388 g/mol. The molecule has 0 aliphatic rings. The molecule has 0 aliphatic carbocycles. The van der Waals surface area contributed by atoms with Crippen LogP contribution in [0.1, 0.15) is 22.5 Å². The van der Waals surface area contributed by atoms with Gasteiger partial charge >= 0.3 is 0 Å². The highest BCUT2D eigenvalue weighted by Crippen LogP contribution is 2.27. The van der Waals surface area contributed by atoms with Gasteiger partial charge < -0.3 is 9.88 Å². The molecule has 6 heteroatoms. The minimum Gasteiger partial charge on any atom is -0.352 e. The number of aryl methyl sites for hydroxylation is 2. The van der Waals surface area contributed by atoms with E-state index >= 15 is 0 Å². The van der Waals surface area contributed by atoms with Gasteiger partial charge in [-0.2, -0.15) is 0 Å². The first-order valence-corrected chi connectivity index (χ1v) is 9.53. The average Bonchev–Trinajstić information content (AvgIpc) is 3.10. The number of nitrogens with one attached hydrogen (secondary N) is 1. The summed E-state index contributed by atoms with van der Waals surface area (Å²) in [4.78, 5) is 20.9. The lowest BCUT2D eigenvalue weighted by atomic mass is 10.1. The molecular formula is C23H21FN4O. The third kappa shape index (κ3) is 4.16. The zero-order chi connectivity index (χ0) is 20.2. The molecule has 0 aliphatic heterocycles. The maximum absolute atomic E-state index is 13.3. The smallest absolute Gasteiger partial charge is 0.252 e. The highest BCUT2D eigenvalue weighted by Gasteiger charge is 2.12. The van der Waals surface area contributed by atoms with Crippen molar-refractivity contribution in [2.75, 3.05) is 6.54 Å². The second-order valence-electron chi connectivity index (χ2n) is 6.90. The van der Waals surface area contributed by atoms with Crippen molar-refractivity contribution in [3.63, 3.8) is 0 Å². The molecule has 0 fully saturated rings. The molecule has 0 atom stereocenters. The fourth-order valence-electron chi connectivity index (χ4n) is 3.32. The number of carbonyl (C=O) groups excluding carboxylic acids is 1. The molecule has 0 spiro atoms. The van der Waals surface area contributed by atoms with Crippen molar-refractivity contribution in [1.29, 1.82) is 0 Å². The standard InChI is InChI=1S/C23H21FN4O/c1-16-5-6-19(15-27-16)23(29)26-12-3-13-28-21(17-7-9-20(24)10-8-17)14-18-4-2-11-25-22(18)28/h2,4-11,14-15H,3,12-13H2,1H3,(H,26,29). The van der Waals surface area contributed by atoms with Crippen molar-refractivity contribution >= 4 is 16.9 Å². The molecule has 1 aromatic carbocycles. The van der Waals surface area contributed by atoms with Gasteiger partial charge in [0.15, 0.2) is 0 Å². The number of benzene rings is 1. The van der Waals surface area contributed by atoms with Gasteiger partial charge in [0.25, 0.3) is 5.91 Å². The van der Waals surface area contributed by atoms with Gasteiger partial charge in [-0.05, 0) is 73.5 Å². The molecule has 3 heterocycles. The molecule has 0 saturated heterocycles. The van der Waals surface area contributed by atoms with Crippen molar-refractivity contribution in [1.82, 2.24) is 19.9 Å². The van der Waals surface area contributed by atoms with E-state index in [2.05, 4.69) is 25.9 Å². The molecule has 1 N–H and O–H groups in total. The first-order chi connectivity index (χ1) is 14.1. The van der Waals surface area contributed by atoms with E-state index in [1.165, 1.54) is 12.1 Å². The van der Waals surface area contributed by atoms with Crippen molar-refractivity contribution < 1.29 is 9.18 Å². The molecule has 3 aromatic heterocycles. The number of fused-ring (bicyclic) bond motifs is 1. The number of halogens is 1. The lowest BCUT2D eigenvalue weighted by Gasteiger charge is -2.11. The van der Waals surface area contributed by atoms with Gasteiger partial charge in [-0.3, -0.25) is 9.78 Å². The van der Waals surface area contributed by atoms with Crippen molar-refractivity contribution in [2.24, 2.45) is 0 Å². The van der Waals surface area contributed by atoms with E-state index in [1.54, 1.807) is 30.6 Å². The van der Waals surface area contributed by atoms with Crippen molar-refractivity contribution in [2.45, 2.75) is 19.9 Å². The summed E-state index contributed by atoms with van der Waals surface area (Å²) < 4.78 is 15.4. The van der Waals surface area contributed by atoms with Gasteiger partial charge in [-0.15, -0.1) is 0 Å². The Labute approximate surface area is 168 Å². The van der Waals surface area contributed by atoms with E-state index in [0.29, 0.717) is 18.7 Å². The molecule has 4 rings (SSSR count). The van der Waals surface area contributed by atoms with Gasteiger partial charge in [0.05, 0.1) is 11.3 Å². The highest BCUT2D eigenvalue weighted by molar-refractivity contribution is 5.93. The Kier molecular flexibility index (Phi) is 5.33. The van der Waals surface area contributed by atoms with Crippen LogP contribution >= 0.6 is 0 Å². The Morgan fingerprint density at radius 1 is 1.10 bits per heavy atom. The monoisotopic (exact) mass is 388 g/mol. The summed E-state index contributed by atoms with van der Waals surface area (Å²) in [7, 11) is 0. The van der Waals surface area contributed by atoms with Gasteiger partial charge in [0.1, 0.15) is 11.5 Å². The second kappa shape index (κ2) is 8.22. The zero-order valence-electron chi connectivity index (χ0n) is 16.1. The van der Waals surface area contributed by atoms with E-state index in [1.807, 2.05) is 25.1 Å². The maximum atomic E-state index is 13.3. The Balaban J connectivity index is 1.48. The molecule has 0 radical (unpaired) electrons. The molecular weight excluding hydrogens is 367 g/mol. The van der Waals surface area contributed by atoms with E-state index in [0.717, 1.165) is 34.4 Å². The summed E-state index contributed by atoms with van der Waals surface area (Å²) in [6, 6.07) is 16.0. The van der Waals surface area contributed by atoms with Crippen LogP contribution in [0.3, 0.4) is 0 Å². The number of aromatic nitrogens is 3. The van der Waals surface area contributed by atoms with Gasteiger partial charge in [0, 0.05) is 36.6 Å². The van der Waals surface area contributed by atoms with Crippen LogP contribution in [0.25, 0.3) is 22.3 Å². The van der Waals surface area contributed by atoms with Crippen molar-refractivity contribution in [3.05, 3.63) is 84.1 Å². The van der Waals surface area contributed by atoms with Crippen LogP contribution in [-0.4, -0.2) is 27.0 Å². The van der Waals surface area contributed by atoms with Gasteiger partial charge in [0.2, 0.25) is 0 Å². The predicted molar refractivity (Wildman–Crippen MR) is 111 cm³/mol. The lowest BCUT2D eigenvalue weighted by Crippen LogP contribution is -2.25. The summed E-state index contributed by atoms with van der Waals surface area (Å²) >= 11 is 0.